The van der Waals surface area contributed by atoms with Crippen molar-refractivity contribution in [3.05, 3.63) is 0 Å². The topological polar surface area (TPSA) is 64.1 Å². The van der Waals surface area contributed by atoms with Gasteiger partial charge in [-0.2, -0.15) is 0 Å². The zero-order chi connectivity index (χ0) is 14.4. The van der Waals surface area contributed by atoms with Crippen LogP contribution in [0.25, 0.3) is 0 Å². The molecule has 1 aliphatic rings. The van der Waals surface area contributed by atoms with Crippen molar-refractivity contribution in [2.45, 2.75) is 33.2 Å². The third kappa shape index (κ3) is 4.70. The van der Waals surface area contributed by atoms with Gasteiger partial charge in [0.05, 0.1) is 6.54 Å². The van der Waals surface area contributed by atoms with Gasteiger partial charge in [-0.05, 0) is 20.3 Å². The Morgan fingerprint density at radius 2 is 1.79 bits per heavy atom. The molecule has 0 radical (unpaired) electrons. The fourth-order valence-electron chi connectivity index (χ4n) is 2.29. The summed E-state index contributed by atoms with van der Waals surface area (Å²) < 4.78 is 0. The van der Waals surface area contributed by atoms with Gasteiger partial charge in [-0.15, -0.1) is 0 Å². The van der Waals surface area contributed by atoms with Crippen molar-refractivity contribution in [2.75, 3.05) is 39.3 Å². The van der Waals surface area contributed by atoms with Crippen LogP contribution in [0.4, 0.5) is 4.79 Å². The van der Waals surface area contributed by atoms with E-state index in [0.29, 0.717) is 26.2 Å². The number of nitrogens with zero attached hydrogens (tertiary/aromatic N) is 3. The van der Waals surface area contributed by atoms with Crippen LogP contribution in [-0.2, 0) is 4.79 Å². The SMILES string of the molecule is CCCN(C(=O)N1CCN(CC(=O)O)CC1)C(C)C. The Morgan fingerprint density at radius 1 is 1.21 bits per heavy atom. The lowest BCUT2D eigenvalue weighted by Gasteiger charge is -2.38. The van der Waals surface area contributed by atoms with Gasteiger partial charge >= 0.3 is 12.0 Å². The lowest BCUT2D eigenvalue weighted by molar-refractivity contribution is -0.138. The lowest BCUT2D eigenvalue weighted by Crippen LogP contribution is -2.54. The third-order valence-corrected chi connectivity index (χ3v) is 3.34. The van der Waals surface area contributed by atoms with Gasteiger partial charge < -0.3 is 14.9 Å². The molecule has 0 aromatic carbocycles. The molecule has 19 heavy (non-hydrogen) atoms. The molecule has 1 rings (SSSR count). The Bertz CT molecular complexity index is 312. The second kappa shape index (κ2) is 7.33. The van der Waals surface area contributed by atoms with E-state index in [9.17, 15) is 9.59 Å². The molecule has 0 saturated carbocycles. The number of hydrogen-bond acceptors (Lipinski definition) is 3. The van der Waals surface area contributed by atoms with Crippen molar-refractivity contribution in [3.8, 4) is 0 Å². The molecule has 0 aliphatic carbocycles. The van der Waals surface area contributed by atoms with Crippen molar-refractivity contribution in [1.29, 1.82) is 0 Å². The van der Waals surface area contributed by atoms with Crippen molar-refractivity contribution < 1.29 is 14.7 Å². The highest BCUT2D eigenvalue weighted by Gasteiger charge is 2.26. The van der Waals surface area contributed by atoms with Crippen molar-refractivity contribution >= 4 is 12.0 Å². The highest BCUT2D eigenvalue weighted by Crippen LogP contribution is 2.09. The fourth-order valence-corrected chi connectivity index (χ4v) is 2.29. The Labute approximate surface area is 115 Å². The highest BCUT2D eigenvalue weighted by molar-refractivity contribution is 5.75. The Hall–Kier alpha value is -1.30. The molecule has 1 fully saturated rings. The fraction of sp³-hybridized carbons (Fsp3) is 0.846. The summed E-state index contributed by atoms with van der Waals surface area (Å²) in [6, 6.07) is 0.274. The Kier molecular flexibility index (Phi) is 6.08. The molecule has 0 aromatic rings. The summed E-state index contributed by atoms with van der Waals surface area (Å²) in [4.78, 5) is 28.6. The summed E-state index contributed by atoms with van der Waals surface area (Å²) in [5.74, 6) is -0.811. The standard InChI is InChI=1S/C13H25N3O3/c1-4-5-16(11(2)3)13(19)15-8-6-14(7-9-15)10-12(17)18/h11H,4-10H2,1-3H3,(H,17,18). The summed E-state index contributed by atoms with van der Waals surface area (Å²) in [6.45, 7) is 9.43. The smallest absolute Gasteiger partial charge is 0.320 e. The molecule has 0 spiro atoms. The summed E-state index contributed by atoms with van der Waals surface area (Å²) in [6.07, 6.45) is 0.947. The minimum absolute atomic E-state index is 0.0604. The Balaban J connectivity index is 2.49. The first-order chi connectivity index (χ1) is 8.95. The van der Waals surface area contributed by atoms with Crippen LogP contribution in [-0.4, -0.2) is 77.1 Å². The van der Waals surface area contributed by atoms with Gasteiger partial charge in [0.1, 0.15) is 0 Å². The molecule has 1 aliphatic heterocycles. The molecule has 0 atom stereocenters. The average molecular weight is 271 g/mol. The molecular weight excluding hydrogens is 246 g/mol. The van der Waals surface area contributed by atoms with Gasteiger partial charge in [0.15, 0.2) is 0 Å². The quantitative estimate of drug-likeness (QED) is 0.808. The number of rotatable bonds is 5. The van der Waals surface area contributed by atoms with Crippen molar-refractivity contribution in [2.24, 2.45) is 0 Å². The first kappa shape index (κ1) is 15.8. The first-order valence-corrected chi connectivity index (χ1v) is 6.95. The predicted molar refractivity (Wildman–Crippen MR) is 73.2 cm³/mol. The van der Waals surface area contributed by atoms with E-state index in [2.05, 4.69) is 6.92 Å². The van der Waals surface area contributed by atoms with Crippen LogP contribution in [0.15, 0.2) is 0 Å². The molecule has 110 valence electrons. The van der Waals surface area contributed by atoms with E-state index in [-0.39, 0.29) is 18.6 Å². The number of aliphatic carboxylic acids is 1. The van der Waals surface area contributed by atoms with Crippen molar-refractivity contribution in [3.63, 3.8) is 0 Å². The van der Waals surface area contributed by atoms with E-state index < -0.39 is 5.97 Å². The molecular formula is C13H25N3O3. The van der Waals surface area contributed by atoms with Gasteiger partial charge in [-0.3, -0.25) is 9.69 Å². The van der Waals surface area contributed by atoms with E-state index in [1.54, 1.807) is 0 Å². The number of urea groups is 1. The van der Waals surface area contributed by atoms with Crippen LogP contribution in [0, 0.1) is 0 Å². The van der Waals surface area contributed by atoms with Crippen molar-refractivity contribution in [1.82, 2.24) is 14.7 Å². The van der Waals surface area contributed by atoms with Crippen LogP contribution in [0.5, 0.6) is 0 Å². The first-order valence-electron chi connectivity index (χ1n) is 6.95. The zero-order valence-corrected chi connectivity index (χ0v) is 12.1. The molecule has 6 nitrogen and oxygen atoms in total. The predicted octanol–water partition coefficient (Wildman–Crippen LogP) is 0.929. The van der Waals surface area contributed by atoms with Gasteiger partial charge in [0, 0.05) is 38.8 Å². The number of hydrogen-bond donors (Lipinski definition) is 1. The zero-order valence-electron chi connectivity index (χ0n) is 12.1. The molecule has 1 heterocycles. The lowest BCUT2D eigenvalue weighted by atomic mass is 10.2. The summed E-state index contributed by atoms with van der Waals surface area (Å²) in [5.41, 5.74) is 0. The second-order valence-electron chi connectivity index (χ2n) is 5.23. The van der Waals surface area contributed by atoms with Gasteiger partial charge in [0.25, 0.3) is 0 Å². The number of carboxylic acids is 1. The Morgan fingerprint density at radius 3 is 2.21 bits per heavy atom. The van der Waals surface area contributed by atoms with Crippen LogP contribution in [0.1, 0.15) is 27.2 Å². The number of carbonyl (C=O) groups is 2. The van der Waals surface area contributed by atoms with E-state index in [1.807, 2.05) is 28.5 Å². The number of amides is 2. The van der Waals surface area contributed by atoms with Crippen LogP contribution >= 0.6 is 0 Å². The van der Waals surface area contributed by atoms with E-state index >= 15 is 0 Å². The molecule has 0 unspecified atom stereocenters. The van der Waals surface area contributed by atoms with Gasteiger partial charge in [-0.1, -0.05) is 6.92 Å². The van der Waals surface area contributed by atoms with E-state index in [4.69, 9.17) is 5.11 Å². The summed E-state index contributed by atoms with van der Waals surface area (Å²) in [5, 5.41) is 8.74. The minimum Gasteiger partial charge on any atom is -0.480 e. The molecule has 1 N–H and O–H groups in total. The van der Waals surface area contributed by atoms with E-state index in [1.165, 1.54) is 0 Å². The normalized spacial score (nSPS) is 16.7. The summed E-state index contributed by atoms with van der Waals surface area (Å²) in [7, 11) is 0. The maximum atomic E-state index is 12.4. The summed E-state index contributed by atoms with van der Waals surface area (Å²) >= 11 is 0. The van der Waals surface area contributed by atoms with Crippen LogP contribution < -0.4 is 0 Å². The average Bonchev–Trinajstić information content (AvgIpc) is 2.35. The second-order valence-corrected chi connectivity index (χ2v) is 5.23. The number of carboxylic acid groups (broad SMARTS) is 1. The number of piperazine rings is 1. The molecule has 6 heteroatoms. The van der Waals surface area contributed by atoms with Gasteiger partial charge in [0.2, 0.25) is 0 Å². The molecule has 1 saturated heterocycles. The largest absolute Gasteiger partial charge is 0.480 e. The number of carbonyl (C=O) groups excluding carboxylic acids is 1. The molecule has 0 bridgehead atoms. The van der Waals surface area contributed by atoms with Crippen LogP contribution in [0.3, 0.4) is 0 Å². The van der Waals surface area contributed by atoms with E-state index in [0.717, 1.165) is 13.0 Å². The minimum atomic E-state index is -0.811. The molecule has 2 amide bonds. The third-order valence-electron chi connectivity index (χ3n) is 3.34. The highest BCUT2D eigenvalue weighted by atomic mass is 16.4. The molecule has 0 aromatic heterocycles. The van der Waals surface area contributed by atoms with Crippen LogP contribution in [0.2, 0.25) is 0 Å². The maximum absolute atomic E-state index is 12.4. The monoisotopic (exact) mass is 271 g/mol. The van der Waals surface area contributed by atoms with Gasteiger partial charge in [-0.25, -0.2) is 4.79 Å². The maximum Gasteiger partial charge on any atom is 0.320 e.